The highest BCUT2D eigenvalue weighted by Crippen LogP contribution is 2.18. The molecule has 26 heavy (non-hydrogen) atoms. The molecule has 0 radical (unpaired) electrons. The van der Waals surface area contributed by atoms with Crippen molar-refractivity contribution in [3.8, 4) is 6.01 Å². The summed E-state index contributed by atoms with van der Waals surface area (Å²) in [6.07, 6.45) is 2.71. The Morgan fingerprint density at radius 1 is 1.19 bits per heavy atom. The molecule has 1 fully saturated rings. The Morgan fingerprint density at radius 3 is 2.77 bits per heavy atom. The number of hydrogen-bond donors (Lipinski definition) is 0. The molecule has 1 atom stereocenters. The number of fused-ring (bicyclic) bond motifs is 1. The van der Waals surface area contributed by atoms with Gasteiger partial charge in [-0.1, -0.05) is 18.2 Å². The van der Waals surface area contributed by atoms with E-state index in [4.69, 9.17) is 4.74 Å². The van der Waals surface area contributed by atoms with Crippen LogP contribution < -0.4 is 4.74 Å². The molecule has 134 valence electrons. The van der Waals surface area contributed by atoms with Crippen LogP contribution in [-0.4, -0.2) is 44.5 Å². The van der Waals surface area contributed by atoms with Gasteiger partial charge >= 0.3 is 6.01 Å². The van der Waals surface area contributed by atoms with Gasteiger partial charge in [-0.3, -0.25) is 4.79 Å². The van der Waals surface area contributed by atoms with Crippen LogP contribution in [0.25, 0.3) is 10.9 Å². The minimum atomic E-state index is -0.0541. The van der Waals surface area contributed by atoms with E-state index in [9.17, 15) is 4.79 Å². The van der Waals surface area contributed by atoms with Gasteiger partial charge < -0.3 is 14.2 Å². The Labute approximate surface area is 152 Å². The van der Waals surface area contributed by atoms with Crippen molar-refractivity contribution in [2.75, 3.05) is 13.1 Å². The summed E-state index contributed by atoms with van der Waals surface area (Å²) in [4.78, 5) is 23.2. The third kappa shape index (κ3) is 3.40. The molecule has 1 saturated heterocycles. The number of rotatable bonds is 4. The maximum atomic E-state index is 12.7. The van der Waals surface area contributed by atoms with Gasteiger partial charge in [-0.25, -0.2) is 9.97 Å². The van der Waals surface area contributed by atoms with Gasteiger partial charge in [0.05, 0.1) is 6.54 Å². The summed E-state index contributed by atoms with van der Waals surface area (Å²) < 4.78 is 7.90. The number of aryl methyl sites for hydroxylation is 2. The molecule has 4 rings (SSSR count). The van der Waals surface area contributed by atoms with Gasteiger partial charge in [-0.15, -0.1) is 0 Å². The summed E-state index contributed by atoms with van der Waals surface area (Å²) in [6.45, 7) is 5.48. The minimum Gasteiger partial charge on any atom is -0.458 e. The van der Waals surface area contributed by atoms with Gasteiger partial charge in [0.25, 0.3) is 0 Å². The van der Waals surface area contributed by atoms with Crippen LogP contribution in [0.1, 0.15) is 17.8 Å². The lowest BCUT2D eigenvalue weighted by atomic mass is 10.2. The third-order valence-corrected chi connectivity index (χ3v) is 4.72. The van der Waals surface area contributed by atoms with Crippen molar-refractivity contribution >= 4 is 16.8 Å². The smallest absolute Gasteiger partial charge is 0.317 e. The van der Waals surface area contributed by atoms with E-state index in [1.165, 1.54) is 0 Å². The Balaban J connectivity index is 1.39. The lowest BCUT2D eigenvalue weighted by Gasteiger charge is -2.17. The molecule has 0 aliphatic carbocycles. The van der Waals surface area contributed by atoms with Crippen LogP contribution in [0.3, 0.4) is 0 Å². The average Bonchev–Trinajstić information content (AvgIpc) is 3.22. The van der Waals surface area contributed by atoms with Gasteiger partial charge in [0.2, 0.25) is 5.91 Å². The normalized spacial score (nSPS) is 17.0. The SMILES string of the molecule is Cc1cc(C)nc(O[C@H]2CCN(C(=O)Cn3ccc4ccccc43)C2)n1. The molecule has 2 aromatic heterocycles. The average molecular weight is 350 g/mol. The number of carbonyl (C=O) groups is 1. The lowest BCUT2D eigenvalue weighted by Crippen LogP contribution is -2.33. The van der Waals surface area contributed by atoms with Gasteiger partial charge in [0, 0.05) is 36.1 Å². The van der Waals surface area contributed by atoms with Crippen LogP contribution in [0.2, 0.25) is 0 Å². The van der Waals surface area contributed by atoms with E-state index >= 15 is 0 Å². The van der Waals surface area contributed by atoms with Gasteiger partial charge in [-0.2, -0.15) is 0 Å². The molecular formula is C20H22N4O2. The van der Waals surface area contributed by atoms with Crippen LogP contribution in [0.15, 0.2) is 42.6 Å². The quantitative estimate of drug-likeness (QED) is 0.726. The first-order valence-electron chi connectivity index (χ1n) is 8.89. The second-order valence-corrected chi connectivity index (χ2v) is 6.80. The van der Waals surface area contributed by atoms with E-state index < -0.39 is 0 Å². The Bertz CT molecular complexity index is 930. The Morgan fingerprint density at radius 2 is 1.96 bits per heavy atom. The highest BCUT2D eigenvalue weighted by atomic mass is 16.5. The number of aromatic nitrogens is 3. The van der Waals surface area contributed by atoms with Gasteiger partial charge in [0.1, 0.15) is 12.6 Å². The molecule has 0 unspecified atom stereocenters. The maximum absolute atomic E-state index is 12.7. The topological polar surface area (TPSA) is 60.2 Å². The van der Waals surface area contributed by atoms with E-state index in [0.717, 1.165) is 28.7 Å². The van der Waals surface area contributed by atoms with Crippen LogP contribution in [0.4, 0.5) is 0 Å². The Kier molecular flexibility index (Phi) is 4.32. The molecule has 0 spiro atoms. The summed E-state index contributed by atoms with van der Waals surface area (Å²) in [7, 11) is 0. The van der Waals surface area contributed by atoms with Crippen molar-refractivity contribution in [1.29, 1.82) is 0 Å². The first-order chi connectivity index (χ1) is 12.6. The monoisotopic (exact) mass is 350 g/mol. The highest BCUT2D eigenvalue weighted by molar-refractivity contribution is 5.83. The summed E-state index contributed by atoms with van der Waals surface area (Å²) in [6, 6.07) is 12.4. The van der Waals surface area contributed by atoms with Crippen molar-refractivity contribution in [2.24, 2.45) is 0 Å². The van der Waals surface area contributed by atoms with Gasteiger partial charge in [-0.05, 0) is 37.4 Å². The maximum Gasteiger partial charge on any atom is 0.317 e. The predicted molar refractivity (Wildman–Crippen MR) is 99.1 cm³/mol. The Hall–Kier alpha value is -2.89. The van der Waals surface area contributed by atoms with Crippen LogP contribution in [0, 0.1) is 13.8 Å². The number of hydrogen-bond acceptors (Lipinski definition) is 4. The van der Waals surface area contributed by atoms with Crippen molar-refractivity contribution < 1.29 is 9.53 Å². The fourth-order valence-electron chi connectivity index (χ4n) is 3.47. The molecule has 6 heteroatoms. The fraction of sp³-hybridized carbons (Fsp3) is 0.350. The first-order valence-corrected chi connectivity index (χ1v) is 8.89. The van der Waals surface area contributed by atoms with E-state index in [1.54, 1.807) is 0 Å². The number of para-hydroxylation sites is 1. The van der Waals surface area contributed by atoms with Crippen molar-refractivity contribution in [3.05, 3.63) is 54.0 Å². The zero-order valence-electron chi connectivity index (χ0n) is 15.1. The second-order valence-electron chi connectivity index (χ2n) is 6.80. The molecule has 1 amide bonds. The third-order valence-electron chi connectivity index (χ3n) is 4.72. The number of amides is 1. The molecule has 1 aliphatic heterocycles. The molecule has 3 heterocycles. The largest absolute Gasteiger partial charge is 0.458 e. The molecule has 0 bridgehead atoms. The summed E-state index contributed by atoms with van der Waals surface area (Å²) >= 11 is 0. The zero-order chi connectivity index (χ0) is 18.1. The van der Waals surface area contributed by atoms with Crippen LogP contribution >= 0.6 is 0 Å². The molecule has 0 saturated carbocycles. The molecule has 6 nitrogen and oxygen atoms in total. The fourth-order valence-corrected chi connectivity index (χ4v) is 3.47. The van der Waals surface area contributed by atoms with Crippen molar-refractivity contribution in [2.45, 2.75) is 32.9 Å². The van der Waals surface area contributed by atoms with Crippen molar-refractivity contribution in [1.82, 2.24) is 19.4 Å². The van der Waals surface area contributed by atoms with E-state index in [1.807, 2.05) is 59.8 Å². The number of nitrogens with zero attached hydrogens (tertiary/aromatic N) is 4. The minimum absolute atomic E-state index is 0.0541. The van der Waals surface area contributed by atoms with Crippen LogP contribution in [0.5, 0.6) is 6.01 Å². The van der Waals surface area contributed by atoms with E-state index in [-0.39, 0.29) is 12.0 Å². The number of benzene rings is 1. The van der Waals surface area contributed by atoms with Gasteiger partial charge in [0.15, 0.2) is 0 Å². The van der Waals surface area contributed by atoms with Crippen LogP contribution in [-0.2, 0) is 11.3 Å². The standard InChI is InChI=1S/C20H22N4O2/c1-14-11-15(2)22-20(21-14)26-17-8-10-24(12-17)19(25)13-23-9-7-16-5-3-4-6-18(16)23/h3-7,9,11,17H,8,10,12-13H2,1-2H3/t17-/m0/s1. The summed E-state index contributed by atoms with van der Waals surface area (Å²) in [5.74, 6) is 0.110. The van der Waals surface area contributed by atoms with Crippen molar-refractivity contribution in [3.63, 3.8) is 0 Å². The lowest BCUT2D eigenvalue weighted by molar-refractivity contribution is -0.131. The number of ether oxygens (including phenoxy) is 1. The molecule has 1 aliphatic rings. The molecular weight excluding hydrogens is 328 g/mol. The summed E-state index contributed by atoms with van der Waals surface area (Å²) in [5.41, 5.74) is 2.85. The second kappa shape index (κ2) is 6.78. The molecule has 0 N–H and O–H groups in total. The predicted octanol–water partition coefficient (Wildman–Crippen LogP) is 2.73. The van der Waals surface area contributed by atoms with E-state index in [2.05, 4.69) is 16.0 Å². The number of carbonyl (C=O) groups excluding carboxylic acids is 1. The van der Waals surface area contributed by atoms with E-state index in [0.29, 0.717) is 25.6 Å². The first kappa shape index (κ1) is 16.6. The molecule has 1 aromatic carbocycles. The highest BCUT2D eigenvalue weighted by Gasteiger charge is 2.28. The molecule has 3 aromatic rings. The summed E-state index contributed by atoms with van der Waals surface area (Å²) in [5, 5.41) is 1.15. The zero-order valence-corrected chi connectivity index (χ0v) is 15.1. The number of likely N-dealkylation sites (tertiary alicyclic amines) is 1.